The van der Waals surface area contributed by atoms with Gasteiger partial charge in [0.05, 0.1) is 12.1 Å². The van der Waals surface area contributed by atoms with Crippen LogP contribution in [-0.2, 0) is 6.42 Å². The molecule has 0 saturated heterocycles. The quantitative estimate of drug-likeness (QED) is 0.725. The van der Waals surface area contributed by atoms with Gasteiger partial charge in [0.2, 0.25) is 0 Å². The lowest BCUT2D eigenvalue weighted by molar-refractivity contribution is 0.144. The zero-order chi connectivity index (χ0) is 13.7. The van der Waals surface area contributed by atoms with Crippen LogP contribution in [0.3, 0.4) is 0 Å². The Hall–Kier alpha value is -1.36. The number of anilines is 2. The number of rotatable bonds is 4. The third-order valence-corrected chi connectivity index (χ3v) is 3.78. The molecule has 5 nitrogen and oxygen atoms in total. The van der Waals surface area contributed by atoms with Crippen molar-refractivity contribution < 1.29 is 5.11 Å². The number of aliphatic hydroxyl groups excluding tert-OH is 1. The summed E-state index contributed by atoms with van der Waals surface area (Å²) < 4.78 is 0. The molecule has 1 aromatic rings. The lowest BCUT2D eigenvalue weighted by Crippen LogP contribution is -2.33. The van der Waals surface area contributed by atoms with Crippen LogP contribution >= 0.6 is 0 Å². The summed E-state index contributed by atoms with van der Waals surface area (Å²) in [6.07, 6.45) is 8.34. The van der Waals surface area contributed by atoms with Crippen LogP contribution < -0.4 is 11.1 Å². The summed E-state index contributed by atoms with van der Waals surface area (Å²) in [5.41, 5.74) is 6.90. The third-order valence-electron chi connectivity index (χ3n) is 3.78. The molecule has 106 valence electrons. The summed E-state index contributed by atoms with van der Waals surface area (Å²) >= 11 is 0. The molecule has 0 radical (unpaired) electrons. The normalized spacial score (nSPS) is 23.9. The fraction of sp³-hybridized carbons (Fsp3) is 0.714. The molecular formula is C14H24N4O. The first kappa shape index (κ1) is 14.1. The molecule has 0 aromatic carbocycles. The number of nitrogens with two attached hydrogens (primary N) is 1. The van der Waals surface area contributed by atoms with Gasteiger partial charge >= 0.3 is 0 Å². The van der Waals surface area contributed by atoms with Crippen molar-refractivity contribution in [3.63, 3.8) is 0 Å². The highest BCUT2D eigenvalue weighted by molar-refractivity contribution is 5.55. The summed E-state index contributed by atoms with van der Waals surface area (Å²) in [4.78, 5) is 8.36. The van der Waals surface area contributed by atoms with Crippen molar-refractivity contribution in [3.8, 4) is 0 Å². The van der Waals surface area contributed by atoms with Crippen LogP contribution in [-0.4, -0.2) is 27.2 Å². The fourth-order valence-electron chi connectivity index (χ4n) is 2.68. The molecule has 0 aliphatic heterocycles. The first-order valence-corrected chi connectivity index (χ1v) is 7.26. The third kappa shape index (κ3) is 3.56. The lowest BCUT2D eigenvalue weighted by atomic mass is 10.1. The Kier molecular flexibility index (Phi) is 4.96. The van der Waals surface area contributed by atoms with Gasteiger partial charge in [-0.15, -0.1) is 0 Å². The number of nitrogens with zero attached hydrogens (tertiary/aromatic N) is 2. The van der Waals surface area contributed by atoms with Gasteiger partial charge in [-0.05, 0) is 19.3 Å². The van der Waals surface area contributed by atoms with Gasteiger partial charge in [-0.1, -0.05) is 32.6 Å². The van der Waals surface area contributed by atoms with Crippen LogP contribution in [0.5, 0.6) is 0 Å². The van der Waals surface area contributed by atoms with Crippen LogP contribution in [0.4, 0.5) is 11.6 Å². The topological polar surface area (TPSA) is 84.1 Å². The van der Waals surface area contributed by atoms with E-state index in [0.29, 0.717) is 5.82 Å². The van der Waals surface area contributed by atoms with Crippen LogP contribution in [0.2, 0.25) is 0 Å². The molecule has 1 heterocycles. The molecule has 1 saturated carbocycles. The number of nitrogens with one attached hydrogen (secondary N) is 1. The SMILES string of the molecule is CCCc1c(N)ncnc1NC1CCCCCC1O. The van der Waals surface area contributed by atoms with Crippen molar-refractivity contribution in [2.75, 3.05) is 11.1 Å². The van der Waals surface area contributed by atoms with Crippen LogP contribution in [0, 0.1) is 0 Å². The van der Waals surface area contributed by atoms with Gasteiger partial charge in [0.25, 0.3) is 0 Å². The minimum Gasteiger partial charge on any atom is -0.391 e. The number of aromatic nitrogens is 2. The minimum atomic E-state index is -0.298. The second-order valence-corrected chi connectivity index (χ2v) is 5.29. The van der Waals surface area contributed by atoms with Crippen molar-refractivity contribution in [1.82, 2.24) is 9.97 Å². The molecule has 2 unspecified atom stereocenters. The smallest absolute Gasteiger partial charge is 0.135 e. The monoisotopic (exact) mass is 264 g/mol. The van der Waals surface area contributed by atoms with Crippen molar-refractivity contribution in [2.24, 2.45) is 0 Å². The molecule has 0 spiro atoms. The summed E-state index contributed by atoms with van der Waals surface area (Å²) in [5.74, 6) is 1.34. The number of nitrogen functional groups attached to an aromatic ring is 1. The van der Waals surface area contributed by atoms with E-state index in [9.17, 15) is 5.11 Å². The Morgan fingerprint density at radius 1 is 1.32 bits per heavy atom. The molecule has 5 heteroatoms. The van der Waals surface area contributed by atoms with Crippen molar-refractivity contribution in [1.29, 1.82) is 0 Å². The Morgan fingerprint density at radius 2 is 2.11 bits per heavy atom. The van der Waals surface area contributed by atoms with E-state index in [4.69, 9.17) is 5.73 Å². The summed E-state index contributed by atoms with van der Waals surface area (Å²) in [7, 11) is 0. The minimum absolute atomic E-state index is 0.0763. The Balaban J connectivity index is 2.15. The zero-order valence-corrected chi connectivity index (χ0v) is 11.6. The van der Waals surface area contributed by atoms with Gasteiger partial charge in [-0.2, -0.15) is 0 Å². The van der Waals surface area contributed by atoms with Gasteiger partial charge < -0.3 is 16.2 Å². The number of hydrogen-bond acceptors (Lipinski definition) is 5. The first-order chi connectivity index (χ1) is 9.22. The zero-order valence-electron chi connectivity index (χ0n) is 11.6. The Morgan fingerprint density at radius 3 is 2.89 bits per heavy atom. The Bertz CT molecular complexity index is 410. The van der Waals surface area contributed by atoms with Gasteiger partial charge in [-0.25, -0.2) is 9.97 Å². The highest BCUT2D eigenvalue weighted by Gasteiger charge is 2.23. The van der Waals surface area contributed by atoms with Crippen LogP contribution in [0.1, 0.15) is 51.0 Å². The van der Waals surface area contributed by atoms with E-state index in [1.807, 2.05) is 0 Å². The molecule has 0 bridgehead atoms. The molecule has 4 N–H and O–H groups in total. The summed E-state index contributed by atoms with van der Waals surface area (Å²) in [6, 6.07) is 0.0763. The summed E-state index contributed by atoms with van der Waals surface area (Å²) in [5, 5.41) is 13.5. The van der Waals surface area contributed by atoms with Gasteiger partial charge in [0, 0.05) is 5.56 Å². The van der Waals surface area contributed by atoms with Gasteiger partial charge in [0.1, 0.15) is 18.0 Å². The molecule has 1 aromatic heterocycles. The van der Waals surface area contributed by atoms with E-state index < -0.39 is 0 Å². The maximum atomic E-state index is 10.2. The van der Waals surface area contributed by atoms with Crippen molar-refractivity contribution in [2.45, 2.75) is 64.0 Å². The first-order valence-electron chi connectivity index (χ1n) is 7.26. The predicted octanol–water partition coefficient (Wildman–Crippen LogP) is 2.12. The van der Waals surface area contributed by atoms with Crippen molar-refractivity contribution >= 4 is 11.6 Å². The maximum absolute atomic E-state index is 10.2. The van der Waals surface area contributed by atoms with E-state index in [1.54, 1.807) is 0 Å². The molecule has 1 fully saturated rings. The van der Waals surface area contributed by atoms with E-state index in [0.717, 1.165) is 49.9 Å². The second kappa shape index (κ2) is 6.70. The fourth-order valence-corrected chi connectivity index (χ4v) is 2.68. The van der Waals surface area contributed by atoms with Crippen LogP contribution in [0.25, 0.3) is 0 Å². The molecule has 19 heavy (non-hydrogen) atoms. The average Bonchev–Trinajstić information content (AvgIpc) is 2.59. The molecule has 2 rings (SSSR count). The van der Waals surface area contributed by atoms with E-state index in [-0.39, 0.29) is 12.1 Å². The molecule has 1 aliphatic carbocycles. The highest BCUT2D eigenvalue weighted by atomic mass is 16.3. The molecule has 2 atom stereocenters. The van der Waals surface area contributed by atoms with E-state index in [1.165, 1.54) is 12.7 Å². The summed E-state index contributed by atoms with van der Waals surface area (Å²) in [6.45, 7) is 2.11. The largest absolute Gasteiger partial charge is 0.391 e. The Labute approximate surface area is 114 Å². The maximum Gasteiger partial charge on any atom is 0.135 e. The number of hydrogen-bond donors (Lipinski definition) is 3. The van der Waals surface area contributed by atoms with Crippen LogP contribution in [0.15, 0.2) is 6.33 Å². The van der Waals surface area contributed by atoms with E-state index >= 15 is 0 Å². The molecule has 1 aliphatic rings. The van der Waals surface area contributed by atoms with Gasteiger partial charge in [0.15, 0.2) is 0 Å². The average molecular weight is 264 g/mol. The standard InChI is InChI=1S/C14H24N4O/c1-2-6-10-13(15)16-9-17-14(10)18-11-7-4-3-5-8-12(11)19/h9,11-12,19H,2-8H2,1H3,(H3,15,16,17,18). The second-order valence-electron chi connectivity index (χ2n) is 5.29. The molecular weight excluding hydrogens is 240 g/mol. The molecule has 0 amide bonds. The highest BCUT2D eigenvalue weighted by Crippen LogP contribution is 2.24. The predicted molar refractivity (Wildman–Crippen MR) is 76.9 cm³/mol. The van der Waals surface area contributed by atoms with E-state index in [2.05, 4.69) is 22.2 Å². The van der Waals surface area contributed by atoms with Crippen molar-refractivity contribution in [3.05, 3.63) is 11.9 Å². The lowest BCUT2D eigenvalue weighted by Gasteiger charge is -2.23. The van der Waals surface area contributed by atoms with Gasteiger partial charge in [-0.3, -0.25) is 0 Å². The number of aliphatic hydroxyl groups is 1.